The largest absolute Gasteiger partial charge is 0.486 e. The molecule has 0 fully saturated rings. The number of rotatable bonds is 4. The molecule has 0 unspecified atom stereocenters. The van der Waals surface area contributed by atoms with E-state index >= 15 is 0 Å². The van der Waals surface area contributed by atoms with Gasteiger partial charge in [0, 0.05) is 17.6 Å². The number of fused-ring (bicyclic) bond motifs is 1. The van der Waals surface area contributed by atoms with E-state index in [-0.39, 0.29) is 5.91 Å². The van der Waals surface area contributed by atoms with Crippen molar-refractivity contribution < 1.29 is 9.53 Å². The number of anilines is 1. The summed E-state index contributed by atoms with van der Waals surface area (Å²) in [5, 5.41) is 3.37. The van der Waals surface area contributed by atoms with Gasteiger partial charge in [-0.05, 0) is 42.5 Å². The van der Waals surface area contributed by atoms with Crippen LogP contribution in [0, 0.1) is 0 Å². The SMILES string of the molecule is CC(=O)Nc1ccc(OCc2nc3ccc(Cl)cc3[nH]2)cc1. The average Bonchev–Trinajstić information content (AvgIpc) is 2.88. The number of carbonyl (C=O) groups is 1. The third-order valence-electron chi connectivity index (χ3n) is 3.04. The van der Waals surface area contributed by atoms with Crippen LogP contribution in [0.4, 0.5) is 5.69 Å². The molecule has 0 aliphatic rings. The number of ether oxygens (including phenoxy) is 1. The first-order valence-electron chi connectivity index (χ1n) is 6.75. The van der Waals surface area contributed by atoms with Gasteiger partial charge in [0.25, 0.3) is 0 Å². The molecule has 5 nitrogen and oxygen atoms in total. The van der Waals surface area contributed by atoms with Crippen molar-refractivity contribution in [1.29, 1.82) is 0 Å². The molecule has 2 aromatic carbocycles. The third-order valence-corrected chi connectivity index (χ3v) is 3.28. The van der Waals surface area contributed by atoms with Crippen molar-refractivity contribution in [2.45, 2.75) is 13.5 Å². The fourth-order valence-electron chi connectivity index (χ4n) is 2.09. The zero-order chi connectivity index (χ0) is 15.5. The van der Waals surface area contributed by atoms with Crippen LogP contribution in [0.15, 0.2) is 42.5 Å². The van der Waals surface area contributed by atoms with Crippen LogP contribution in [-0.2, 0) is 11.4 Å². The molecule has 0 aliphatic carbocycles. The second kappa shape index (κ2) is 6.07. The standard InChI is InChI=1S/C16H14ClN3O2/c1-10(21)18-12-3-5-13(6-4-12)22-9-16-19-14-7-2-11(17)8-15(14)20-16/h2-8H,9H2,1H3,(H,18,21)(H,19,20). The van der Waals surface area contributed by atoms with E-state index in [1.807, 2.05) is 12.1 Å². The Hall–Kier alpha value is -2.53. The molecule has 6 heteroatoms. The number of hydrogen-bond acceptors (Lipinski definition) is 3. The lowest BCUT2D eigenvalue weighted by atomic mass is 10.3. The Bertz CT molecular complexity index is 812. The second-order valence-corrected chi connectivity index (χ2v) is 5.28. The van der Waals surface area contributed by atoms with Gasteiger partial charge in [0.15, 0.2) is 0 Å². The molecule has 0 radical (unpaired) electrons. The maximum absolute atomic E-state index is 11.0. The number of aromatic amines is 1. The molecule has 0 saturated carbocycles. The first-order chi connectivity index (χ1) is 10.6. The Morgan fingerprint density at radius 1 is 1.27 bits per heavy atom. The van der Waals surface area contributed by atoms with Crippen LogP contribution in [0.25, 0.3) is 11.0 Å². The van der Waals surface area contributed by atoms with Gasteiger partial charge in [0.1, 0.15) is 18.2 Å². The highest BCUT2D eigenvalue weighted by molar-refractivity contribution is 6.31. The maximum atomic E-state index is 11.0. The highest BCUT2D eigenvalue weighted by atomic mass is 35.5. The number of H-pyrrole nitrogens is 1. The Kier molecular flexibility index (Phi) is 3.98. The van der Waals surface area contributed by atoms with Gasteiger partial charge in [-0.3, -0.25) is 4.79 Å². The third kappa shape index (κ3) is 3.38. The lowest BCUT2D eigenvalue weighted by molar-refractivity contribution is -0.114. The quantitative estimate of drug-likeness (QED) is 0.770. The summed E-state index contributed by atoms with van der Waals surface area (Å²) < 4.78 is 5.67. The lowest BCUT2D eigenvalue weighted by Gasteiger charge is -2.06. The van der Waals surface area contributed by atoms with E-state index in [1.165, 1.54) is 6.92 Å². The first kappa shape index (κ1) is 14.4. The summed E-state index contributed by atoms with van der Waals surface area (Å²) in [4.78, 5) is 18.6. The zero-order valence-corrected chi connectivity index (χ0v) is 12.6. The summed E-state index contributed by atoms with van der Waals surface area (Å²) in [6.45, 7) is 1.80. The van der Waals surface area contributed by atoms with E-state index in [0.29, 0.717) is 17.4 Å². The molecule has 112 valence electrons. The smallest absolute Gasteiger partial charge is 0.221 e. The van der Waals surface area contributed by atoms with Gasteiger partial charge in [-0.15, -0.1) is 0 Å². The molecule has 0 spiro atoms. The number of benzene rings is 2. The van der Waals surface area contributed by atoms with Crippen molar-refractivity contribution in [3.05, 3.63) is 53.3 Å². The van der Waals surface area contributed by atoms with Crippen molar-refractivity contribution in [3.63, 3.8) is 0 Å². The highest BCUT2D eigenvalue weighted by Gasteiger charge is 2.04. The first-order valence-corrected chi connectivity index (χ1v) is 7.12. The van der Waals surface area contributed by atoms with Crippen LogP contribution in [0.2, 0.25) is 5.02 Å². The van der Waals surface area contributed by atoms with E-state index in [2.05, 4.69) is 15.3 Å². The number of imidazole rings is 1. The Balaban J connectivity index is 1.67. The minimum Gasteiger partial charge on any atom is -0.486 e. The van der Waals surface area contributed by atoms with Crippen molar-refractivity contribution >= 4 is 34.2 Å². The van der Waals surface area contributed by atoms with Crippen molar-refractivity contribution in [2.75, 3.05) is 5.32 Å². The normalized spacial score (nSPS) is 10.6. The van der Waals surface area contributed by atoms with Gasteiger partial charge in [-0.2, -0.15) is 0 Å². The highest BCUT2D eigenvalue weighted by Crippen LogP contribution is 2.19. The number of hydrogen-bond donors (Lipinski definition) is 2. The molecule has 0 saturated heterocycles. The fraction of sp³-hybridized carbons (Fsp3) is 0.125. The van der Waals surface area contributed by atoms with Crippen LogP contribution in [0.1, 0.15) is 12.7 Å². The van der Waals surface area contributed by atoms with Crippen LogP contribution in [-0.4, -0.2) is 15.9 Å². The number of nitrogens with one attached hydrogen (secondary N) is 2. The van der Waals surface area contributed by atoms with Crippen molar-refractivity contribution in [3.8, 4) is 5.75 Å². The van der Waals surface area contributed by atoms with Crippen molar-refractivity contribution in [1.82, 2.24) is 9.97 Å². The summed E-state index contributed by atoms with van der Waals surface area (Å²) in [6.07, 6.45) is 0. The monoisotopic (exact) mass is 315 g/mol. The fourth-order valence-corrected chi connectivity index (χ4v) is 2.26. The van der Waals surface area contributed by atoms with E-state index in [0.717, 1.165) is 22.5 Å². The topological polar surface area (TPSA) is 67.0 Å². The predicted molar refractivity (Wildman–Crippen MR) is 86.2 cm³/mol. The van der Waals surface area contributed by atoms with Crippen molar-refractivity contribution in [2.24, 2.45) is 0 Å². The molecule has 1 amide bonds. The van der Waals surface area contributed by atoms with Crippen LogP contribution >= 0.6 is 11.6 Å². The summed E-state index contributed by atoms with van der Waals surface area (Å²) in [7, 11) is 0. The Morgan fingerprint density at radius 3 is 2.77 bits per heavy atom. The zero-order valence-electron chi connectivity index (χ0n) is 11.9. The van der Waals surface area contributed by atoms with Crippen LogP contribution in [0.3, 0.4) is 0 Å². The van der Waals surface area contributed by atoms with Gasteiger partial charge in [-0.1, -0.05) is 11.6 Å². The number of halogens is 1. The van der Waals surface area contributed by atoms with E-state index in [4.69, 9.17) is 16.3 Å². The van der Waals surface area contributed by atoms with Gasteiger partial charge in [-0.25, -0.2) is 4.98 Å². The van der Waals surface area contributed by atoms with E-state index in [1.54, 1.807) is 30.3 Å². The molecule has 22 heavy (non-hydrogen) atoms. The van der Waals surface area contributed by atoms with Gasteiger partial charge < -0.3 is 15.0 Å². The van der Waals surface area contributed by atoms with Gasteiger partial charge in [0.2, 0.25) is 5.91 Å². The molecule has 1 heterocycles. The maximum Gasteiger partial charge on any atom is 0.221 e. The predicted octanol–water partition coefficient (Wildman–Crippen LogP) is 3.75. The molecule has 2 N–H and O–H groups in total. The molecular weight excluding hydrogens is 302 g/mol. The Labute approximate surface area is 132 Å². The lowest BCUT2D eigenvalue weighted by Crippen LogP contribution is -2.05. The number of nitrogens with zero attached hydrogens (tertiary/aromatic N) is 1. The van der Waals surface area contributed by atoms with E-state index in [9.17, 15) is 4.79 Å². The second-order valence-electron chi connectivity index (χ2n) is 4.84. The minimum absolute atomic E-state index is 0.102. The number of amides is 1. The summed E-state index contributed by atoms with van der Waals surface area (Å²) in [6, 6.07) is 12.7. The number of aromatic nitrogens is 2. The minimum atomic E-state index is -0.102. The van der Waals surface area contributed by atoms with Crippen LogP contribution in [0.5, 0.6) is 5.75 Å². The number of carbonyl (C=O) groups excluding carboxylic acids is 1. The van der Waals surface area contributed by atoms with Crippen LogP contribution < -0.4 is 10.1 Å². The summed E-state index contributed by atoms with van der Waals surface area (Å²) >= 11 is 5.94. The average molecular weight is 316 g/mol. The molecule has 3 rings (SSSR count). The van der Waals surface area contributed by atoms with Gasteiger partial charge in [0.05, 0.1) is 11.0 Å². The molecular formula is C16H14ClN3O2. The molecule has 0 aliphatic heterocycles. The molecule has 0 atom stereocenters. The van der Waals surface area contributed by atoms with Gasteiger partial charge >= 0.3 is 0 Å². The summed E-state index contributed by atoms with van der Waals surface area (Å²) in [5.41, 5.74) is 2.47. The molecule has 1 aromatic heterocycles. The van der Waals surface area contributed by atoms with E-state index < -0.39 is 0 Å². The molecule has 3 aromatic rings. The Morgan fingerprint density at radius 2 is 2.05 bits per heavy atom. The summed E-state index contributed by atoms with van der Waals surface area (Å²) in [5.74, 6) is 1.32. The molecule has 0 bridgehead atoms.